The van der Waals surface area contributed by atoms with Gasteiger partial charge in [0.1, 0.15) is 24.9 Å². The molecule has 1 aliphatic heterocycles. The van der Waals surface area contributed by atoms with E-state index in [1.54, 1.807) is 0 Å². The van der Waals surface area contributed by atoms with Crippen LogP contribution in [0.2, 0.25) is 0 Å². The van der Waals surface area contributed by atoms with Crippen molar-refractivity contribution >= 4 is 17.9 Å². The summed E-state index contributed by atoms with van der Waals surface area (Å²) in [5, 5.41) is 40.0. The summed E-state index contributed by atoms with van der Waals surface area (Å²) in [7, 11) is 0. The van der Waals surface area contributed by atoms with E-state index in [1.807, 2.05) is 0 Å². The predicted molar refractivity (Wildman–Crippen MR) is 271 cm³/mol. The van der Waals surface area contributed by atoms with E-state index in [4.69, 9.17) is 18.9 Å². The fourth-order valence-electron chi connectivity index (χ4n) is 8.23. The van der Waals surface area contributed by atoms with Crippen molar-refractivity contribution in [1.29, 1.82) is 0 Å². The molecule has 0 aliphatic carbocycles. The number of carbonyl (C=O) groups excluding carboxylic acids is 2. The second-order valence-electron chi connectivity index (χ2n) is 18.7. The molecule has 11 heteroatoms. The molecule has 0 radical (unpaired) electrons. The van der Waals surface area contributed by atoms with E-state index in [2.05, 4.69) is 62.5 Å². The first kappa shape index (κ1) is 62.2. The highest BCUT2D eigenvalue weighted by molar-refractivity contribution is 5.73. The maximum Gasteiger partial charge on any atom is 0.335 e. The Hall–Kier alpha value is -2.83. The van der Waals surface area contributed by atoms with Gasteiger partial charge in [-0.25, -0.2) is 4.79 Å². The van der Waals surface area contributed by atoms with Gasteiger partial charge in [-0.1, -0.05) is 223 Å². The quantitative estimate of drug-likeness (QED) is 0.0260. The molecule has 0 spiro atoms. The molecule has 6 unspecified atom stereocenters. The number of rotatable bonds is 46. The van der Waals surface area contributed by atoms with Crippen molar-refractivity contribution in [2.75, 3.05) is 13.2 Å². The summed E-state index contributed by atoms with van der Waals surface area (Å²) in [5.74, 6) is -2.44. The molecular weight excluding hydrogens is 849 g/mol. The van der Waals surface area contributed by atoms with Crippen molar-refractivity contribution < 1.29 is 53.8 Å². The molecule has 1 fully saturated rings. The molecule has 1 heterocycles. The summed E-state index contributed by atoms with van der Waals surface area (Å²) < 4.78 is 21.9. The van der Waals surface area contributed by atoms with E-state index in [0.29, 0.717) is 12.8 Å². The molecule has 0 aromatic carbocycles. The largest absolute Gasteiger partial charge is 0.479 e. The molecular formula is C56H98O11. The van der Waals surface area contributed by atoms with Gasteiger partial charge in [-0.15, -0.1) is 0 Å². The Labute approximate surface area is 407 Å². The van der Waals surface area contributed by atoms with Gasteiger partial charge in [-0.3, -0.25) is 9.59 Å². The van der Waals surface area contributed by atoms with Gasteiger partial charge in [-0.2, -0.15) is 0 Å². The van der Waals surface area contributed by atoms with Crippen LogP contribution in [0.15, 0.2) is 48.6 Å². The van der Waals surface area contributed by atoms with E-state index in [1.165, 1.54) is 128 Å². The van der Waals surface area contributed by atoms with Crippen molar-refractivity contribution in [1.82, 2.24) is 0 Å². The smallest absolute Gasteiger partial charge is 0.335 e. The van der Waals surface area contributed by atoms with Crippen LogP contribution in [0.4, 0.5) is 0 Å². The maximum atomic E-state index is 12.8. The number of esters is 2. The highest BCUT2D eigenvalue weighted by Crippen LogP contribution is 2.23. The Balaban J connectivity index is 2.26. The third kappa shape index (κ3) is 36.8. The molecule has 1 saturated heterocycles. The zero-order valence-corrected chi connectivity index (χ0v) is 42.4. The van der Waals surface area contributed by atoms with Crippen molar-refractivity contribution in [2.24, 2.45) is 0 Å². The molecule has 1 aliphatic rings. The molecule has 0 amide bonds. The van der Waals surface area contributed by atoms with Gasteiger partial charge < -0.3 is 39.4 Å². The van der Waals surface area contributed by atoms with E-state index in [0.717, 1.165) is 70.6 Å². The first-order chi connectivity index (χ1) is 32.7. The number of aliphatic hydroxyl groups excluding tert-OH is 3. The molecule has 0 aromatic rings. The maximum absolute atomic E-state index is 12.8. The van der Waals surface area contributed by atoms with Crippen LogP contribution in [0.25, 0.3) is 0 Å². The zero-order chi connectivity index (χ0) is 48.8. The summed E-state index contributed by atoms with van der Waals surface area (Å²) in [5.41, 5.74) is 0. The Bertz CT molecular complexity index is 1300. The summed E-state index contributed by atoms with van der Waals surface area (Å²) in [4.78, 5) is 37.1. The van der Waals surface area contributed by atoms with E-state index >= 15 is 0 Å². The van der Waals surface area contributed by atoms with Gasteiger partial charge in [0.2, 0.25) is 0 Å². The van der Waals surface area contributed by atoms with Crippen molar-refractivity contribution in [3.05, 3.63) is 48.6 Å². The number of unbranched alkanes of at least 4 members (excludes halogenated alkanes) is 27. The van der Waals surface area contributed by atoms with E-state index in [9.17, 15) is 34.8 Å². The van der Waals surface area contributed by atoms with Crippen LogP contribution in [-0.4, -0.2) is 88.4 Å². The molecule has 0 bridgehead atoms. The number of ether oxygens (including phenoxy) is 4. The summed E-state index contributed by atoms with van der Waals surface area (Å²) in [6.07, 6.45) is 47.3. The zero-order valence-electron chi connectivity index (χ0n) is 42.4. The third-order valence-corrected chi connectivity index (χ3v) is 12.4. The number of hydrogen-bond donors (Lipinski definition) is 4. The minimum absolute atomic E-state index is 0.185. The summed E-state index contributed by atoms with van der Waals surface area (Å²) in [6, 6.07) is 0. The van der Waals surface area contributed by atoms with Crippen LogP contribution in [0.3, 0.4) is 0 Å². The number of allylic oxidation sites excluding steroid dienone is 8. The highest BCUT2D eigenvalue weighted by Gasteiger charge is 2.47. The standard InChI is InChI=1S/C56H98O11/c1-3-5-7-9-11-13-15-17-19-21-23-24-25-26-27-29-30-32-34-36-38-40-42-44-49(57)64-46-48(47-65-56-53(61)51(59)52(60)54(67-56)55(62)63)66-50(58)45-43-41-39-37-35-33-31-28-22-20-18-16-14-12-10-8-6-4-2/h5,7,11,13,17,19,23-24,48,51-54,56,59-61H,3-4,6,8-10,12,14-16,18,20-22,25-47H2,1-2H3,(H,62,63)/b7-5-,13-11-,19-17-,24-23-. The lowest BCUT2D eigenvalue weighted by molar-refractivity contribution is -0.298. The number of aliphatic carboxylic acids is 1. The number of hydrogen-bond acceptors (Lipinski definition) is 10. The van der Waals surface area contributed by atoms with Gasteiger partial charge in [-0.05, 0) is 51.4 Å². The second-order valence-corrected chi connectivity index (χ2v) is 18.7. The first-order valence-corrected chi connectivity index (χ1v) is 27.2. The SMILES string of the molecule is CC/C=C\C/C=C\C/C=C\C/C=C\CCCCCCCCCCCCC(=O)OCC(COC1OC(C(=O)O)C(O)C(O)C1O)OC(=O)CCCCCCCCCCCCCCCCCCCC. The highest BCUT2D eigenvalue weighted by atomic mass is 16.7. The summed E-state index contributed by atoms with van der Waals surface area (Å²) in [6.45, 7) is 3.74. The lowest BCUT2D eigenvalue weighted by atomic mass is 9.99. The van der Waals surface area contributed by atoms with Gasteiger partial charge in [0.05, 0.1) is 6.61 Å². The predicted octanol–water partition coefficient (Wildman–Crippen LogP) is 13.3. The van der Waals surface area contributed by atoms with Gasteiger partial charge >= 0.3 is 17.9 Å². The average molecular weight is 947 g/mol. The molecule has 1 rings (SSSR count). The normalized spacial score (nSPS) is 19.3. The minimum atomic E-state index is -1.86. The van der Waals surface area contributed by atoms with Crippen LogP contribution in [0.1, 0.15) is 239 Å². The van der Waals surface area contributed by atoms with Crippen molar-refractivity contribution in [3.8, 4) is 0 Å². The minimum Gasteiger partial charge on any atom is -0.479 e. The Kier molecular flexibility index (Phi) is 42.3. The van der Waals surface area contributed by atoms with Gasteiger partial charge in [0.15, 0.2) is 18.5 Å². The molecule has 388 valence electrons. The monoisotopic (exact) mass is 947 g/mol. The Morgan fingerprint density at radius 1 is 0.478 bits per heavy atom. The third-order valence-electron chi connectivity index (χ3n) is 12.4. The van der Waals surface area contributed by atoms with Crippen LogP contribution in [0, 0.1) is 0 Å². The van der Waals surface area contributed by atoms with Crippen LogP contribution in [-0.2, 0) is 33.3 Å². The fraction of sp³-hybridized carbons (Fsp3) is 0.804. The molecule has 0 aromatic heterocycles. The number of carboxylic acid groups (broad SMARTS) is 1. The van der Waals surface area contributed by atoms with E-state index < -0.39 is 54.7 Å². The average Bonchev–Trinajstić information content (AvgIpc) is 3.31. The second kappa shape index (κ2) is 45.6. The van der Waals surface area contributed by atoms with Crippen LogP contribution < -0.4 is 0 Å². The lowest BCUT2D eigenvalue weighted by Gasteiger charge is -2.38. The number of carbonyl (C=O) groups is 3. The van der Waals surface area contributed by atoms with Gasteiger partial charge in [0.25, 0.3) is 0 Å². The van der Waals surface area contributed by atoms with E-state index in [-0.39, 0.29) is 26.1 Å². The van der Waals surface area contributed by atoms with Crippen LogP contribution >= 0.6 is 0 Å². The van der Waals surface area contributed by atoms with Crippen molar-refractivity contribution in [2.45, 2.75) is 275 Å². The fourth-order valence-corrected chi connectivity index (χ4v) is 8.23. The lowest BCUT2D eigenvalue weighted by Crippen LogP contribution is -2.60. The first-order valence-electron chi connectivity index (χ1n) is 27.2. The molecule has 6 atom stereocenters. The number of aliphatic hydroxyl groups is 3. The Morgan fingerprint density at radius 2 is 0.881 bits per heavy atom. The number of carboxylic acids is 1. The van der Waals surface area contributed by atoms with Crippen molar-refractivity contribution in [3.63, 3.8) is 0 Å². The molecule has 0 saturated carbocycles. The molecule has 4 N–H and O–H groups in total. The van der Waals surface area contributed by atoms with Gasteiger partial charge in [0, 0.05) is 12.8 Å². The molecule has 67 heavy (non-hydrogen) atoms. The van der Waals surface area contributed by atoms with Crippen LogP contribution in [0.5, 0.6) is 0 Å². The Morgan fingerprint density at radius 3 is 1.33 bits per heavy atom. The topological polar surface area (TPSA) is 169 Å². The molecule has 11 nitrogen and oxygen atoms in total. The summed E-state index contributed by atoms with van der Waals surface area (Å²) >= 11 is 0.